The molecule has 0 radical (unpaired) electrons. The van der Waals surface area contributed by atoms with Gasteiger partial charge in [-0.15, -0.1) is 0 Å². The van der Waals surface area contributed by atoms with Gasteiger partial charge in [-0.3, -0.25) is 10.1 Å². The third-order valence-corrected chi connectivity index (χ3v) is 2.69. The molecule has 1 aromatic carbocycles. The van der Waals surface area contributed by atoms with Gasteiger partial charge < -0.3 is 20.1 Å². The van der Waals surface area contributed by atoms with Gasteiger partial charge in [-0.05, 0) is 20.2 Å². The van der Waals surface area contributed by atoms with Crippen LogP contribution in [0.15, 0.2) is 18.2 Å². The lowest BCUT2D eigenvalue weighted by Gasteiger charge is -2.12. The fraction of sp³-hybridized carbons (Fsp3) is 0.462. The first-order valence-corrected chi connectivity index (χ1v) is 6.40. The highest BCUT2D eigenvalue weighted by molar-refractivity contribution is 5.95. The SMILES string of the molecule is CN(C)CCOCCNc1ccc([N+](=O)[O-])cc1C(=O)O. The Morgan fingerprint density at radius 3 is 2.71 bits per heavy atom. The minimum absolute atomic E-state index is 0.127. The minimum Gasteiger partial charge on any atom is -0.478 e. The van der Waals surface area contributed by atoms with Crippen molar-refractivity contribution >= 4 is 17.3 Å². The summed E-state index contributed by atoms with van der Waals surface area (Å²) in [5.74, 6) is -1.21. The van der Waals surface area contributed by atoms with Crippen LogP contribution in [0.25, 0.3) is 0 Å². The quantitative estimate of drug-likeness (QED) is 0.402. The van der Waals surface area contributed by atoms with E-state index in [0.29, 0.717) is 25.4 Å². The van der Waals surface area contributed by atoms with E-state index in [2.05, 4.69) is 5.32 Å². The summed E-state index contributed by atoms with van der Waals surface area (Å²) in [5.41, 5.74) is -0.0398. The number of nitrogens with zero attached hydrogens (tertiary/aromatic N) is 2. The van der Waals surface area contributed by atoms with Gasteiger partial charge in [0.2, 0.25) is 0 Å². The molecular weight excluding hydrogens is 278 g/mol. The Bertz CT molecular complexity index is 505. The summed E-state index contributed by atoms with van der Waals surface area (Å²) in [6, 6.07) is 3.70. The number of nitro groups is 1. The molecule has 0 aliphatic heterocycles. The second-order valence-corrected chi connectivity index (χ2v) is 4.63. The van der Waals surface area contributed by atoms with Crippen LogP contribution >= 0.6 is 0 Å². The van der Waals surface area contributed by atoms with Crippen molar-refractivity contribution in [3.63, 3.8) is 0 Å². The number of nitro benzene ring substituents is 1. The molecule has 0 amide bonds. The number of rotatable bonds is 9. The third kappa shape index (κ3) is 5.76. The maximum atomic E-state index is 11.1. The van der Waals surface area contributed by atoms with Gasteiger partial charge in [0.1, 0.15) is 0 Å². The summed E-state index contributed by atoms with van der Waals surface area (Å²) in [5, 5.41) is 22.6. The maximum absolute atomic E-state index is 11.1. The molecule has 0 aromatic heterocycles. The molecule has 2 N–H and O–H groups in total. The molecule has 0 spiro atoms. The van der Waals surface area contributed by atoms with E-state index < -0.39 is 10.9 Å². The van der Waals surface area contributed by atoms with Crippen molar-refractivity contribution in [2.75, 3.05) is 45.7 Å². The molecule has 0 saturated heterocycles. The topological polar surface area (TPSA) is 105 Å². The first-order chi connectivity index (χ1) is 9.91. The summed E-state index contributed by atoms with van der Waals surface area (Å²) in [7, 11) is 3.88. The molecule has 21 heavy (non-hydrogen) atoms. The number of likely N-dealkylation sites (N-methyl/N-ethyl adjacent to an activating group) is 1. The zero-order valence-corrected chi connectivity index (χ0v) is 12.0. The van der Waals surface area contributed by atoms with Crippen molar-refractivity contribution in [3.05, 3.63) is 33.9 Å². The summed E-state index contributed by atoms with van der Waals surface area (Å²) in [4.78, 5) is 23.1. The number of non-ortho nitro benzene ring substituents is 1. The highest BCUT2D eigenvalue weighted by atomic mass is 16.6. The highest BCUT2D eigenvalue weighted by Crippen LogP contribution is 2.22. The van der Waals surface area contributed by atoms with Crippen LogP contribution in [-0.2, 0) is 4.74 Å². The first-order valence-electron chi connectivity index (χ1n) is 6.40. The number of carboxylic acids is 1. The Labute approximate surface area is 122 Å². The van der Waals surface area contributed by atoms with Crippen molar-refractivity contribution in [1.82, 2.24) is 4.90 Å². The van der Waals surface area contributed by atoms with E-state index in [-0.39, 0.29) is 11.3 Å². The molecule has 0 fully saturated rings. The van der Waals surface area contributed by atoms with Gasteiger partial charge in [-0.1, -0.05) is 0 Å². The number of hydrogen-bond acceptors (Lipinski definition) is 6. The van der Waals surface area contributed by atoms with E-state index in [9.17, 15) is 14.9 Å². The highest BCUT2D eigenvalue weighted by Gasteiger charge is 2.15. The molecule has 1 aromatic rings. The minimum atomic E-state index is -1.21. The van der Waals surface area contributed by atoms with Gasteiger partial charge in [0.05, 0.1) is 23.7 Å². The molecule has 116 valence electrons. The summed E-state index contributed by atoms with van der Waals surface area (Å²) in [6.07, 6.45) is 0. The van der Waals surface area contributed by atoms with E-state index in [1.807, 2.05) is 19.0 Å². The predicted octanol–water partition coefficient (Wildman–Crippen LogP) is 1.28. The number of aromatic carboxylic acids is 1. The fourth-order valence-electron chi connectivity index (χ4n) is 1.58. The molecule has 0 aliphatic carbocycles. The van der Waals surface area contributed by atoms with Gasteiger partial charge in [0, 0.05) is 30.9 Å². The Morgan fingerprint density at radius 1 is 1.43 bits per heavy atom. The van der Waals surface area contributed by atoms with E-state index in [1.54, 1.807) is 0 Å². The molecule has 0 bridgehead atoms. The smallest absolute Gasteiger partial charge is 0.338 e. The van der Waals surface area contributed by atoms with Crippen LogP contribution in [-0.4, -0.2) is 61.3 Å². The molecular formula is C13H19N3O5. The predicted molar refractivity (Wildman–Crippen MR) is 77.9 cm³/mol. The third-order valence-electron chi connectivity index (χ3n) is 2.69. The number of ether oxygens (including phenoxy) is 1. The average Bonchev–Trinajstić information content (AvgIpc) is 2.42. The van der Waals surface area contributed by atoms with Crippen molar-refractivity contribution in [1.29, 1.82) is 0 Å². The van der Waals surface area contributed by atoms with Crippen molar-refractivity contribution in [2.45, 2.75) is 0 Å². The van der Waals surface area contributed by atoms with Gasteiger partial charge in [-0.25, -0.2) is 4.79 Å². The number of hydrogen-bond donors (Lipinski definition) is 2. The summed E-state index contributed by atoms with van der Waals surface area (Å²) >= 11 is 0. The number of anilines is 1. The number of carboxylic acid groups (broad SMARTS) is 1. The van der Waals surface area contributed by atoms with E-state index in [0.717, 1.165) is 12.6 Å². The molecule has 0 aliphatic rings. The molecule has 8 nitrogen and oxygen atoms in total. The van der Waals surface area contributed by atoms with Crippen molar-refractivity contribution in [2.24, 2.45) is 0 Å². The maximum Gasteiger partial charge on any atom is 0.338 e. The van der Waals surface area contributed by atoms with Crippen molar-refractivity contribution in [3.8, 4) is 0 Å². The molecule has 0 saturated carbocycles. The van der Waals surface area contributed by atoms with E-state index in [1.165, 1.54) is 12.1 Å². The summed E-state index contributed by atoms with van der Waals surface area (Å²) < 4.78 is 5.37. The van der Waals surface area contributed by atoms with Crippen LogP contribution in [0.4, 0.5) is 11.4 Å². The Morgan fingerprint density at radius 2 is 2.14 bits per heavy atom. The average molecular weight is 297 g/mol. The van der Waals surface area contributed by atoms with E-state index >= 15 is 0 Å². The Kier molecular flexibility index (Phi) is 6.57. The van der Waals surface area contributed by atoms with Crippen LogP contribution in [0.5, 0.6) is 0 Å². The molecule has 0 unspecified atom stereocenters. The van der Waals surface area contributed by atoms with Crippen LogP contribution in [0.2, 0.25) is 0 Å². The molecule has 0 heterocycles. The van der Waals surface area contributed by atoms with Crippen LogP contribution in [0.3, 0.4) is 0 Å². The number of benzene rings is 1. The van der Waals surface area contributed by atoms with Gasteiger partial charge in [0.15, 0.2) is 0 Å². The Hall–Kier alpha value is -2.19. The first kappa shape index (κ1) is 16.9. The molecule has 1 rings (SSSR count). The van der Waals surface area contributed by atoms with E-state index in [4.69, 9.17) is 9.84 Å². The lowest BCUT2D eigenvalue weighted by Crippen LogP contribution is -2.20. The Balaban J connectivity index is 2.54. The standard InChI is InChI=1S/C13H19N3O5/c1-15(2)6-8-21-7-5-14-12-4-3-10(16(19)20)9-11(12)13(17)18/h3-4,9,14H,5-8H2,1-2H3,(H,17,18). The lowest BCUT2D eigenvalue weighted by atomic mass is 10.1. The van der Waals surface area contributed by atoms with Crippen molar-refractivity contribution < 1.29 is 19.6 Å². The number of carbonyl (C=O) groups is 1. The van der Waals surface area contributed by atoms with Crippen LogP contribution < -0.4 is 5.32 Å². The van der Waals surface area contributed by atoms with Gasteiger partial charge >= 0.3 is 5.97 Å². The fourth-order valence-corrected chi connectivity index (χ4v) is 1.58. The van der Waals surface area contributed by atoms with Gasteiger partial charge in [0.25, 0.3) is 5.69 Å². The normalized spacial score (nSPS) is 10.6. The summed E-state index contributed by atoms with van der Waals surface area (Å²) in [6.45, 7) is 2.23. The zero-order chi connectivity index (χ0) is 15.8. The monoisotopic (exact) mass is 297 g/mol. The second-order valence-electron chi connectivity index (χ2n) is 4.63. The molecule has 0 atom stereocenters. The largest absolute Gasteiger partial charge is 0.478 e. The second kappa shape index (κ2) is 8.18. The zero-order valence-electron chi connectivity index (χ0n) is 12.0. The number of nitrogens with one attached hydrogen (secondary N) is 1. The lowest BCUT2D eigenvalue weighted by molar-refractivity contribution is -0.384. The van der Waals surface area contributed by atoms with Gasteiger partial charge in [-0.2, -0.15) is 0 Å². The van der Waals surface area contributed by atoms with Crippen LogP contribution in [0, 0.1) is 10.1 Å². The molecule has 8 heteroatoms. The van der Waals surface area contributed by atoms with Crippen LogP contribution in [0.1, 0.15) is 10.4 Å².